The van der Waals surface area contributed by atoms with Gasteiger partial charge in [-0.25, -0.2) is 4.98 Å². The fraction of sp³-hybridized carbons (Fsp3) is 0.417. The minimum atomic E-state index is -1.01. The zero-order valence-electron chi connectivity index (χ0n) is 10.0. The summed E-state index contributed by atoms with van der Waals surface area (Å²) in [6.07, 6.45) is 0.713. The molecule has 0 aromatic carbocycles. The van der Waals surface area contributed by atoms with Gasteiger partial charge in [0.15, 0.2) is 0 Å². The normalized spacial score (nSPS) is 10.0. The van der Waals surface area contributed by atoms with Crippen molar-refractivity contribution in [2.75, 3.05) is 13.1 Å². The van der Waals surface area contributed by atoms with Crippen LogP contribution in [0.25, 0.3) is 0 Å². The van der Waals surface area contributed by atoms with E-state index in [0.717, 1.165) is 5.69 Å². The predicted octanol–water partition coefficient (Wildman–Crippen LogP) is 1.33. The summed E-state index contributed by atoms with van der Waals surface area (Å²) in [6, 6.07) is 5.12. The van der Waals surface area contributed by atoms with E-state index < -0.39 is 5.97 Å². The van der Waals surface area contributed by atoms with Gasteiger partial charge in [-0.05, 0) is 25.5 Å². The summed E-state index contributed by atoms with van der Waals surface area (Å²) in [4.78, 5) is 28.1. The van der Waals surface area contributed by atoms with Crippen LogP contribution in [-0.4, -0.2) is 40.0 Å². The van der Waals surface area contributed by atoms with Crippen molar-refractivity contribution < 1.29 is 14.7 Å². The van der Waals surface area contributed by atoms with E-state index in [9.17, 15) is 9.59 Å². The molecule has 92 valence electrons. The quantitative estimate of drug-likeness (QED) is 0.837. The maximum Gasteiger partial charge on any atom is 0.323 e. The van der Waals surface area contributed by atoms with Crippen molar-refractivity contribution in [1.29, 1.82) is 0 Å². The van der Waals surface area contributed by atoms with E-state index in [-0.39, 0.29) is 12.5 Å². The molecule has 0 saturated heterocycles. The lowest BCUT2D eigenvalue weighted by molar-refractivity contribution is -0.137. The van der Waals surface area contributed by atoms with Crippen molar-refractivity contribution in [3.05, 3.63) is 29.6 Å². The molecule has 1 amide bonds. The Morgan fingerprint density at radius 3 is 2.65 bits per heavy atom. The molecule has 1 aromatic heterocycles. The van der Waals surface area contributed by atoms with Crippen LogP contribution in [0.15, 0.2) is 18.2 Å². The van der Waals surface area contributed by atoms with Gasteiger partial charge in [-0.1, -0.05) is 13.0 Å². The Morgan fingerprint density at radius 2 is 2.12 bits per heavy atom. The molecular weight excluding hydrogens is 220 g/mol. The average Bonchev–Trinajstić information content (AvgIpc) is 2.27. The zero-order chi connectivity index (χ0) is 12.8. The van der Waals surface area contributed by atoms with E-state index in [0.29, 0.717) is 18.7 Å². The molecule has 5 nitrogen and oxygen atoms in total. The molecule has 1 aromatic rings. The lowest BCUT2D eigenvalue weighted by Crippen LogP contribution is -2.36. The summed E-state index contributed by atoms with van der Waals surface area (Å²) in [6.45, 7) is 3.81. The number of aliphatic carboxylic acids is 1. The smallest absolute Gasteiger partial charge is 0.323 e. The second-order valence-corrected chi connectivity index (χ2v) is 3.78. The van der Waals surface area contributed by atoms with Gasteiger partial charge in [0.1, 0.15) is 12.2 Å². The van der Waals surface area contributed by atoms with Gasteiger partial charge < -0.3 is 10.0 Å². The fourth-order valence-electron chi connectivity index (χ4n) is 1.51. The van der Waals surface area contributed by atoms with Crippen LogP contribution in [0, 0.1) is 6.92 Å². The highest BCUT2D eigenvalue weighted by Gasteiger charge is 2.18. The summed E-state index contributed by atoms with van der Waals surface area (Å²) in [5.74, 6) is -1.35. The Bertz CT molecular complexity index is 418. The summed E-state index contributed by atoms with van der Waals surface area (Å²) >= 11 is 0. The van der Waals surface area contributed by atoms with Crippen LogP contribution in [0.3, 0.4) is 0 Å². The second kappa shape index (κ2) is 5.98. The largest absolute Gasteiger partial charge is 0.480 e. The average molecular weight is 236 g/mol. The molecular formula is C12H16N2O3. The summed E-state index contributed by atoms with van der Waals surface area (Å²) in [5, 5.41) is 8.75. The molecule has 0 aliphatic carbocycles. The van der Waals surface area contributed by atoms with Crippen LogP contribution in [-0.2, 0) is 4.79 Å². The molecule has 5 heteroatoms. The number of carbonyl (C=O) groups excluding carboxylic acids is 1. The molecule has 0 unspecified atom stereocenters. The van der Waals surface area contributed by atoms with E-state index in [1.54, 1.807) is 25.1 Å². The zero-order valence-corrected chi connectivity index (χ0v) is 10.0. The number of amides is 1. The molecule has 1 rings (SSSR count). The number of carboxylic acid groups (broad SMARTS) is 1. The highest BCUT2D eigenvalue weighted by atomic mass is 16.4. The lowest BCUT2D eigenvalue weighted by Gasteiger charge is -2.19. The molecule has 0 saturated carbocycles. The van der Waals surface area contributed by atoms with Crippen LogP contribution < -0.4 is 0 Å². The first-order chi connectivity index (χ1) is 8.04. The van der Waals surface area contributed by atoms with Gasteiger partial charge >= 0.3 is 5.97 Å². The topological polar surface area (TPSA) is 70.5 Å². The van der Waals surface area contributed by atoms with Gasteiger partial charge in [0.05, 0.1) is 0 Å². The van der Waals surface area contributed by atoms with Gasteiger partial charge in [-0.2, -0.15) is 0 Å². The number of carboxylic acids is 1. The van der Waals surface area contributed by atoms with Gasteiger partial charge in [0.2, 0.25) is 0 Å². The van der Waals surface area contributed by atoms with E-state index >= 15 is 0 Å². The molecule has 1 heterocycles. The number of rotatable bonds is 5. The number of pyridine rings is 1. The predicted molar refractivity (Wildman–Crippen MR) is 62.8 cm³/mol. The first-order valence-electron chi connectivity index (χ1n) is 5.49. The maximum absolute atomic E-state index is 12.0. The molecule has 0 atom stereocenters. The number of hydrogen-bond acceptors (Lipinski definition) is 3. The van der Waals surface area contributed by atoms with Crippen LogP contribution >= 0.6 is 0 Å². The Balaban J connectivity index is 2.87. The lowest BCUT2D eigenvalue weighted by atomic mass is 10.2. The maximum atomic E-state index is 12.0. The SMILES string of the molecule is CCCN(CC(=O)O)C(=O)c1cccc(C)n1. The monoisotopic (exact) mass is 236 g/mol. The molecule has 0 aliphatic rings. The Hall–Kier alpha value is -1.91. The number of hydrogen-bond donors (Lipinski definition) is 1. The molecule has 0 bridgehead atoms. The number of aryl methyl sites for hydroxylation is 1. The first-order valence-corrected chi connectivity index (χ1v) is 5.49. The standard InChI is InChI=1S/C12H16N2O3/c1-3-7-14(8-11(15)16)12(17)10-6-4-5-9(2)13-10/h4-6H,3,7-8H2,1-2H3,(H,15,16). The first kappa shape index (κ1) is 13.2. The van der Waals surface area contributed by atoms with Crippen LogP contribution in [0.5, 0.6) is 0 Å². The molecule has 1 N–H and O–H groups in total. The Labute approximate surface area is 100 Å². The third-order valence-electron chi connectivity index (χ3n) is 2.21. The highest BCUT2D eigenvalue weighted by Crippen LogP contribution is 2.04. The van der Waals surface area contributed by atoms with Crippen molar-refractivity contribution in [1.82, 2.24) is 9.88 Å². The molecule has 0 fully saturated rings. The van der Waals surface area contributed by atoms with Crippen molar-refractivity contribution in [3.8, 4) is 0 Å². The van der Waals surface area contributed by atoms with Gasteiger partial charge in [-0.3, -0.25) is 9.59 Å². The summed E-state index contributed by atoms with van der Waals surface area (Å²) < 4.78 is 0. The van der Waals surface area contributed by atoms with Crippen LogP contribution in [0.1, 0.15) is 29.5 Å². The van der Waals surface area contributed by atoms with Crippen molar-refractivity contribution in [3.63, 3.8) is 0 Å². The molecule has 0 aliphatic heterocycles. The minimum absolute atomic E-state index is 0.289. The van der Waals surface area contributed by atoms with Gasteiger partial charge in [-0.15, -0.1) is 0 Å². The van der Waals surface area contributed by atoms with E-state index in [2.05, 4.69) is 4.98 Å². The molecule has 17 heavy (non-hydrogen) atoms. The van der Waals surface area contributed by atoms with Crippen LogP contribution in [0.2, 0.25) is 0 Å². The van der Waals surface area contributed by atoms with Crippen molar-refractivity contribution in [2.24, 2.45) is 0 Å². The highest BCUT2D eigenvalue weighted by molar-refractivity contribution is 5.94. The molecule has 0 spiro atoms. The Kier molecular flexibility index (Phi) is 4.63. The summed E-state index contributed by atoms with van der Waals surface area (Å²) in [5.41, 5.74) is 1.03. The van der Waals surface area contributed by atoms with E-state index in [4.69, 9.17) is 5.11 Å². The van der Waals surface area contributed by atoms with E-state index in [1.807, 2.05) is 6.92 Å². The van der Waals surface area contributed by atoms with Crippen molar-refractivity contribution in [2.45, 2.75) is 20.3 Å². The van der Waals surface area contributed by atoms with Crippen LogP contribution in [0.4, 0.5) is 0 Å². The molecule has 0 radical (unpaired) electrons. The third-order valence-corrected chi connectivity index (χ3v) is 2.21. The minimum Gasteiger partial charge on any atom is -0.480 e. The van der Waals surface area contributed by atoms with E-state index in [1.165, 1.54) is 4.90 Å². The van der Waals surface area contributed by atoms with Gasteiger partial charge in [0, 0.05) is 12.2 Å². The summed E-state index contributed by atoms with van der Waals surface area (Å²) in [7, 11) is 0. The number of carbonyl (C=O) groups is 2. The fourth-order valence-corrected chi connectivity index (χ4v) is 1.51. The third kappa shape index (κ3) is 3.86. The van der Waals surface area contributed by atoms with Gasteiger partial charge in [0.25, 0.3) is 5.91 Å². The Morgan fingerprint density at radius 1 is 1.41 bits per heavy atom. The second-order valence-electron chi connectivity index (χ2n) is 3.78. The van der Waals surface area contributed by atoms with Crippen molar-refractivity contribution >= 4 is 11.9 Å². The number of nitrogens with zero attached hydrogens (tertiary/aromatic N) is 2. The number of aromatic nitrogens is 1.